The van der Waals surface area contributed by atoms with Crippen LogP contribution in [0.5, 0.6) is 0 Å². The van der Waals surface area contributed by atoms with Gasteiger partial charge in [0, 0.05) is 29.5 Å². The van der Waals surface area contributed by atoms with Crippen molar-refractivity contribution in [1.82, 2.24) is 10.2 Å². The number of morpholine rings is 1. The van der Waals surface area contributed by atoms with Crippen LogP contribution in [-0.4, -0.2) is 36.5 Å². The van der Waals surface area contributed by atoms with Crippen molar-refractivity contribution >= 4 is 22.3 Å². The summed E-state index contributed by atoms with van der Waals surface area (Å²) in [6.45, 7) is 4.95. The van der Waals surface area contributed by atoms with Crippen LogP contribution in [0, 0.1) is 24.1 Å². The van der Waals surface area contributed by atoms with Crippen LogP contribution >= 0.6 is 0 Å². The van der Waals surface area contributed by atoms with Gasteiger partial charge in [-0.1, -0.05) is 6.07 Å². The van der Waals surface area contributed by atoms with Gasteiger partial charge >= 0.3 is 0 Å². The average molecular weight is 392 g/mol. The highest BCUT2D eigenvalue weighted by Gasteiger charge is 2.16. The molecule has 3 aromatic rings. The van der Waals surface area contributed by atoms with Gasteiger partial charge in [-0.2, -0.15) is 10.4 Å². The number of nitrogens with two attached hydrogens (primary N) is 1. The van der Waals surface area contributed by atoms with Crippen molar-refractivity contribution in [3.8, 4) is 6.07 Å². The Bertz CT molecular complexity index is 1090. The molecule has 1 atom stereocenters. The van der Waals surface area contributed by atoms with Gasteiger partial charge in [0.15, 0.2) is 5.82 Å². The van der Waals surface area contributed by atoms with Gasteiger partial charge in [-0.15, -0.1) is 5.10 Å². The normalized spacial score (nSPS) is 15.2. The van der Waals surface area contributed by atoms with Gasteiger partial charge in [-0.05, 0) is 42.8 Å². The molecule has 0 spiro atoms. The fraction of sp³-hybridized carbons (Fsp3) is 0.286. The number of ether oxygens (including phenoxy) is 1. The maximum absolute atomic E-state index is 13.8. The minimum Gasteiger partial charge on any atom is -0.378 e. The summed E-state index contributed by atoms with van der Waals surface area (Å²) in [6, 6.07) is 12.1. The number of rotatable bonds is 4. The largest absolute Gasteiger partial charge is 0.378 e. The second-order valence-electron chi connectivity index (χ2n) is 6.97. The van der Waals surface area contributed by atoms with E-state index in [9.17, 15) is 4.39 Å². The highest BCUT2D eigenvalue weighted by Crippen LogP contribution is 2.30. The number of benzene rings is 2. The zero-order valence-electron chi connectivity index (χ0n) is 16.0. The first kappa shape index (κ1) is 19.1. The predicted octanol–water partition coefficient (Wildman–Crippen LogP) is 2.86. The second kappa shape index (κ2) is 7.99. The van der Waals surface area contributed by atoms with Crippen molar-refractivity contribution in [2.75, 3.05) is 36.5 Å². The van der Waals surface area contributed by atoms with Crippen LogP contribution in [0.3, 0.4) is 0 Å². The Labute approximate surface area is 167 Å². The summed E-state index contributed by atoms with van der Waals surface area (Å²) in [6.07, 6.45) is -0.745. The third kappa shape index (κ3) is 3.97. The number of hydrogen-bond acceptors (Lipinski definition) is 7. The summed E-state index contributed by atoms with van der Waals surface area (Å²) in [5.74, 6) is 0.00160. The van der Waals surface area contributed by atoms with Gasteiger partial charge in [-0.3, -0.25) is 0 Å². The van der Waals surface area contributed by atoms with E-state index in [0.29, 0.717) is 24.6 Å². The molecule has 1 fully saturated rings. The first-order valence-corrected chi connectivity index (χ1v) is 9.37. The SMILES string of the molecule is Cc1nnc(N[C@H](N)c2cc(F)cc(C#N)c2)c2cc(N3CCOCC3)ccc12. The first-order valence-electron chi connectivity index (χ1n) is 9.37. The van der Waals surface area contributed by atoms with Gasteiger partial charge < -0.3 is 20.7 Å². The summed E-state index contributed by atoms with van der Waals surface area (Å²) >= 11 is 0. The smallest absolute Gasteiger partial charge is 0.158 e. The molecule has 1 aromatic heterocycles. The molecule has 1 saturated heterocycles. The quantitative estimate of drug-likeness (QED) is 0.659. The van der Waals surface area contributed by atoms with Gasteiger partial charge in [0.05, 0.1) is 30.5 Å². The number of nitrogens with zero attached hydrogens (tertiary/aromatic N) is 4. The van der Waals surface area contributed by atoms with Crippen LogP contribution in [0.15, 0.2) is 36.4 Å². The van der Waals surface area contributed by atoms with Gasteiger partial charge in [0.25, 0.3) is 0 Å². The molecule has 0 saturated carbocycles. The third-order valence-electron chi connectivity index (χ3n) is 5.02. The van der Waals surface area contributed by atoms with Crippen molar-refractivity contribution in [1.29, 1.82) is 5.26 Å². The lowest BCUT2D eigenvalue weighted by molar-refractivity contribution is 0.122. The Morgan fingerprint density at radius 3 is 2.72 bits per heavy atom. The maximum atomic E-state index is 13.8. The van der Waals surface area contributed by atoms with Crippen LogP contribution in [-0.2, 0) is 4.74 Å². The van der Waals surface area contributed by atoms with Gasteiger partial charge in [0.1, 0.15) is 12.0 Å². The molecule has 1 aliphatic heterocycles. The molecular formula is C21H21FN6O. The van der Waals surface area contributed by atoms with Crippen molar-refractivity contribution in [2.24, 2.45) is 5.73 Å². The summed E-state index contributed by atoms with van der Waals surface area (Å²) in [5, 5.41) is 22.5. The number of aryl methyl sites for hydroxylation is 1. The molecular weight excluding hydrogens is 371 g/mol. The standard InChI is InChI=1S/C21H21FN6O/c1-13-18-3-2-17(28-4-6-29-7-5-28)11-19(18)21(27-26-13)25-20(24)15-8-14(12-23)9-16(22)10-15/h2-3,8-11,20H,4-7,24H2,1H3,(H,25,27)/t20-/m0/s1. The summed E-state index contributed by atoms with van der Waals surface area (Å²) in [7, 11) is 0. The van der Waals surface area contributed by atoms with E-state index in [0.717, 1.165) is 35.2 Å². The van der Waals surface area contributed by atoms with E-state index >= 15 is 0 Å². The van der Waals surface area contributed by atoms with E-state index in [2.05, 4.69) is 32.5 Å². The monoisotopic (exact) mass is 392 g/mol. The first-order chi connectivity index (χ1) is 14.0. The van der Waals surface area contributed by atoms with Crippen LogP contribution < -0.4 is 16.0 Å². The highest BCUT2D eigenvalue weighted by atomic mass is 19.1. The third-order valence-corrected chi connectivity index (χ3v) is 5.02. The van der Waals surface area contributed by atoms with Crippen LogP contribution in [0.2, 0.25) is 0 Å². The second-order valence-corrected chi connectivity index (χ2v) is 6.97. The maximum Gasteiger partial charge on any atom is 0.158 e. The molecule has 2 aromatic carbocycles. The van der Waals surface area contributed by atoms with Crippen LogP contribution in [0.25, 0.3) is 10.8 Å². The molecule has 2 heterocycles. The van der Waals surface area contributed by atoms with E-state index in [-0.39, 0.29) is 5.56 Å². The predicted molar refractivity (Wildman–Crippen MR) is 109 cm³/mol. The molecule has 0 radical (unpaired) electrons. The van der Waals surface area contributed by atoms with E-state index in [4.69, 9.17) is 15.7 Å². The van der Waals surface area contributed by atoms with E-state index in [1.54, 1.807) is 6.07 Å². The lowest BCUT2D eigenvalue weighted by Gasteiger charge is -2.29. The Balaban J connectivity index is 1.70. The summed E-state index contributed by atoms with van der Waals surface area (Å²) in [5.41, 5.74) is 8.80. The molecule has 148 valence electrons. The van der Waals surface area contributed by atoms with Crippen LogP contribution in [0.1, 0.15) is 23.0 Å². The Morgan fingerprint density at radius 1 is 1.17 bits per heavy atom. The van der Waals surface area contributed by atoms with Gasteiger partial charge in [-0.25, -0.2) is 4.39 Å². The molecule has 1 aliphatic rings. The Kier molecular flexibility index (Phi) is 5.25. The lowest BCUT2D eigenvalue weighted by Crippen LogP contribution is -2.36. The molecule has 7 nitrogen and oxygen atoms in total. The number of halogens is 1. The van der Waals surface area contributed by atoms with Crippen molar-refractivity contribution in [2.45, 2.75) is 13.1 Å². The number of hydrogen-bond donors (Lipinski definition) is 2. The molecule has 4 rings (SSSR count). The summed E-state index contributed by atoms with van der Waals surface area (Å²) < 4.78 is 19.2. The van der Waals surface area contributed by atoms with Gasteiger partial charge in [0.2, 0.25) is 0 Å². The van der Waals surface area contributed by atoms with E-state index < -0.39 is 12.0 Å². The minimum absolute atomic E-state index is 0.215. The number of nitrogens with one attached hydrogen (secondary N) is 1. The van der Waals surface area contributed by atoms with E-state index in [1.807, 2.05) is 19.1 Å². The number of anilines is 2. The molecule has 0 amide bonds. The molecule has 0 aliphatic carbocycles. The van der Waals surface area contributed by atoms with Crippen molar-refractivity contribution in [3.63, 3.8) is 0 Å². The highest BCUT2D eigenvalue weighted by molar-refractivity contribution is 5.95. The van der Waals surface area contributed by atoms with Crippen LogP contribution in [0.4, 0.5) is 15.9 Å². The number of aromatic nitrogens is 2. The van der Waals surface area contributed by atoms with Crippen molar-refractivity contribution in [3.05, 3.63) is 59.0 Å². The average Bonchev–Trinajstić information content (AvgIpc) is 2.75. The molecule has 8 heteroatoms. The van der Waals surface area contributed by atoms with E-state index in [1.165, 1.54) is 12.1 Å². The molecule has 0 unspecified atom stereocenters. The van der Waals surface area contributed by atoms with Crippen molar-refractivity contribution < 1.29 is 9.13 Å². The molecule has 3 N–H and O–H groups in total. The topological polar surface area (TPSA) is 100 Å². The summed E-state index contributed by atoms with van der Waals surface area (Å²) in [4.78, 5) is 2.26. The lowest BCUT2D eigenvalue weighted by atomic mass is 10.1. The number of nitriles is 1. The fourth-order valence-corrected chi connectivity index (χ4v) is 3.49. The molecule has 0 bridgehead atoms. The Hall–Kier alpha value is -3.28. The fourth-order valence-electron chi connectivity index (χ4n) is 3.49. The molecule has 29 heavy (non-hydrogen) atoms. The number of fused-ring (bicyclic) bond motifs is 1. The zero-order valence-corrected chi connectivity index (χ0v) is 16.0. The Morgan fingerprint density at radius 2 is 1.97 bits per heavy atom. The minimum atomic E-state index is -0.745. The zero-order chi connectivity index (χ0) is 20.4.